The van der Waals surface area contributed by atoms with Gasteiger partial charge in [0.15, 0.2) is 18.1 Å². The van der Waals surface area contributed by atoms with E-state index in [1.807, 2.05) is 18.2 Å². The Kier molecular flexibility index (Phi) is 8.27. The van der Waals surface area contributed by atoms with Crippen molar-refractivity contribution in [2.45, 2.75) is 26.8 Å². The second-order valence-electron chi connectivity index (χ2n) is 6.51. The van der Waals surface area contributed by atoms with Gasteiger partial charge in [-0.25, -0.2) is 0 Å². The lowest BCUT2D eigenvalue weighted by Gasteiger charge is -2.13. The second-order valence-corrected chi connectivity index (χ2v) is 6.92. The van der Waals surface area contributed by atoms with E-state index >= 15 is 0 Å². The third-order valence-corrected chi connectivity index (χ3v) is 4.18. The molecule has 0 saturated carbocycles. The number of nitrogens with one attached hydrogen (secondary N) is 1. The summed E-state index contributed by atoms with van der Waals surface area (Å²) in [5.41, 5.74) is 0.911. The van der Waals surface area contributed by atoms with Crippen LogP contribution >= 0.6 is 11.6 Å². The maximum Gasteiger partial charge on any atom is 0.258 e. The van der Waals surface area contributed by atoms with E-state index in [0.29, 0.717) is 41.3 Å². The number of benzene rings is 2. The summed E-state index contributed by atoms with van der Waals surface area (Å²) in [5, 5.41) is 3.29. The first-order chi connectivity index (χ1) is 13.0. The van der Waals surface area contributed by atoms with Crippen LogP contribution in [0.15, 0.2) is 42.5 Å². The van der Waals surface area contributed by atoms with Crippen molar-refractivity contribution in [3.8, 4) is 17.2 Å². The minimum Gasteiger partial charge on any atom is -0.493 e. The quantitative estimate of drug-likeness (QED) is 0.649. The fraction of sp³-hybridized carbons (Fsp3) is 0.381. The molecule has 1 N–H and O–H groups in total. The Morgan fingerprint density at radius 3 is 2.56 bits per heavy atom. The van der Waals surface area contributed by atoms with Crippen LogP contribution < -0.4 is 19.5 Å². The number of halogens is 1. The van der Waals surface area contributed by atoms with Crippen molar-refractivity contribution in [2.24, 2.45) is 5.92 Å². The molecule has 0 heterocycles. The van der Waals surface area contributed by atoms with E-state index in [0.717, 1.165) is 12.0 Å². The first-order valence-corrected chi connectivity index (χ1v) is 9.31. The summed E-state index contributed by atoms with van der Waals surface area (Å²) in [7, 11) is 1.60. The topological polar surface area (TPSA) is 56.8 Å². The molecule has 6 heteroatoms. The van der Waals surface area contributed by atoms with Gasteiger partial charge in [-0.3, -0.25) is 4.79 Å². The van der Waals surface area contributed by atoms with Crippen LogP contribution in [0.5, 0.6) is 17.2 Å². The molecule has 1 amide bonds. The van der Waals surface area contributed by atoms with Crippen molar-refractivity contribution in [1.82, 2.24) is 5.32 Å². The zero-order valence-corrected chi connectivity index (χ0v) is 16.7. The molecule has 2 aromatic rings. The lowest BCUT2D eigenvalue weighted by Crippen LogP contribution is -2.28. The third-order valence-electron chi connectivity index (χ3n) is 3.87. The van der Waals surface area contributed by atoms with E-state index in [9.17, 15) is 4.79 Å². The zero-order valence-electron chi connectivity index (χ0n) is 16.0. The standard InChI is InChI=1S/C21H26ClNO4/c1-15(2)10-11-26-19-9-8-16(12-20(19)25-3)13-23-21(24)14-27-18-7-5-4-6-17(18)22/h4-9,12,15H,10-11,13-14H2,1-3H3,(H,23,24). The van der Waals surface area contributed by atoms with Gasteiger partial charge in [0.05, 0.1) is 18.7 Å². The van der Waals surface area contributed by atoms with Crippen LogP contribution in [-0.4, -0.2) is 26.2 Å². The van der Waals surface area contributed by atoms with Gasteiger partial charge in [-0.1, -0.05) is 43.6 Å². The van der Waals surface area contributed by atoms with Gasteiger partial charge >= 0.3 is 0 Å². The van der Waals surface area contributed by atoms with Gasteiger partial charge in [-0.05, 0) is 42.2 Å². The van der Waals surface area contributed by atoms with Gasteiger partial charge < -0.3 is 19.5 Å². The van der Waals surface area contributed by atoms with Crippen molar-refractivity contribution < 1.29 is 19.0 Å². The van der Waals surface area contributed by atoms with Gasteiger partial charge in [0.1, 0.15) is 5.75 Å². The molecule has 0 saturated heterocycles. The number of rotatable bonds is 10. The molecular formula is C21H26ClNO4. The van der Waals surface area contributed by atoms with E-state index in [2.05, 4.69) is 19.2 Å². The summed E-state index contributed by atoms with van der Waals surface area (Å²) in [6, 6.07) is 12.7. The molecule has 0 spiro atoms. The van der Waals surface area contributed by atoms with Crippen LogP contribution in [-0.2, 0) is 11.3 Å². The molecule has 2 rings (SSSR count). The molecule has 146 valence electrons. The van der Waals surface area contributed by atoms with Crippen molar-refractivity contribution in [3.05, 3.63) is 53.1 Å². The van der Waals surface area contributed by atoms with Gasteiger partial charge in [0, 0.05) is 6.54 Å². The monoisotopic (exact) mass is 391 g/mol. The van der Waals surface area contributed by atoms with Crippen LogP contribution in [0.4, 0.5) is 0 Å². The van der Waals surface area contributed by atoms with Crippen LogP contribution in [0.2, 0.25) is 5.02 Å². The van der Waals surface area contributed by atoms with Crippen molar-refractivity contribution in [1.29, 1.82) is 0 Å². The summed E-state index contributed by atoms with van der Waals surface area (Å²) in [6.07, 6.45) is 0.979. The molecule has 0 aliphatic heterocycles. The number of carbonyl (C=O) groups excluding carboxylic acids is 1. The van der Waals surface area contributed by atoms with Crippen LogP contribution in [0.25, 0.3) is 0 Å². The lowest BCUT2D eigenvalue weighted by atomic mass is 10.1. The van der Waals surface area contributed by atoms with E-state index in [1.165, 1.54) is 0 Å². The number of amides is 1. The average Bonchev–Trinajstić information content (AvgIpc) is 2.66. The maximum absolute atomic E-state index is 12.0. The van der Waals surface area contributed by atoms with Crippen molar-refractivity contribution >= 4 is 17.5 Å². The summed E-state index contributed by atoms with van der Waals surface area (Å²) < 4.78 is 16.6. The Morgan fingerprint density at radius 1 is 1.07 bits per heavy atom. The minimum absolute atomic E-state index is 0.0999. The number of carbonyl (C=O) groups is 1. The highest BCUT2D eigenvalue weighted by molar-refractivity contribution is 6.32. The summed E-state index contributed by atoms with van der Waals surface area (Å²) in [5.74, 6) is 2.19. The number of ether oxygens (including phenoxy) is 3. The van der Waals surface area contributed by atoms with Gasteiger partial charge in [0.2, 0.25) is 0 Å². The normalized spacial score (nSPS) is 10.6. The molecule has 0 bridgehead atoms. The highest BCUT2D eigenvalue weighted by Crippen LogP contribution is 2.28. The highest BCUT2D eigenvalue weighted by atomic mass is 35.5. The largest absolute Gasteiger partial charge is 0.493 e. The molecule has 0 fully saturated rings. The van der Waals surface area contributed by atoms with E-state index in [1.54, 1.807) is 31.4 Å². The Labute approximate surface area is 165 Å². The molecule has 0 unspecified atom stereocenters. The molecule has 0 atom stereocenters. The molecule has 0 aliphatic rings. The SMILES string of the molecule is COc1cc(CNC(=O)COc2ccccc2Cl)ccc1OCCC(C)C. The van der Waals surface area contributed by atoms with Gasteiger partial charge in [-0.2, -0.15) is 0 Å². The third kappa shape index (κ3) is 7.02. The smallest absolute Gasteiger partial charge is 0.258 e. The summed E-state index contributed by atoms with van der Waals surface area (Å²) in [6.45, 7) is 5.22. The number of para-hydroxylation sites is 1. The van der Waals surface area contributed by atoms with Crippen LogP contribution in [0.3, 0.4) is 0 Å². The summed E-state index contributed by atoms with van der Waals surface area (Å²) in [4.78, 5) is 12.0. The van der Waals surface area contributed by atoms with Gasteiger partial charge in [0.25, 0.3) is 5.91 Å². The molecule has 27 heavy (non-hydrogen) atoms. The molecule has 2 aromatic carbocycles. The first-order valence-electron chi connectivity index (χ1n) is 8.93. The number of methoxy groups -OCH3 is 1. The minimum atomic E-state index is -0.230. The zero-order chi connectivity index (χ0) is 19.6. The Bertz CT molecular complexity index is 749. The Morgan fingerprint density at radius 2 is 1.85 bits per heavy atom. The second kappa shape index (κ2) is 10.7. The van der Waals surface area contributed by atoms with E-state index in [-0.39, 0.29) is 12.5 Å². The van der Waals surface area contributed by atoms with Crippen molar-refractivity contribution in [2.75, 3.05) is 20.3 Å². The number of hydrogen-bond donors (Lipinski definition) is 1. The predicted octanol–water partition coefficient (Wildman–Crippen LogP) is 4.47. The summed E-state index contributed by atoms with van der Waals surface area (Å²) >= 11 is 6.00. The Hall–Kier alpha value is -2.40. The van der Waals surface area contributed by atoms with Crippen LogP contribution in [0.1, 0.15) is 25.8 Å². The molecule has 0 aliphatic carbocycles. The van der Waals surface area contributed by atoms with E-state index < -0.39 is 0 Å². The fourth-order valence-electron chi connectivity index (χ4n) is 2.30. The molecule has 5 nitrogen and oxygen atoms in total. The predicted molar refractivity (Wildman–Crippen MR) is 107 cm³/mol. The van der Waals surface area contributed by atoms with Crippen molar-refractivity contribution in [3.63, 3.8) is 0 Å². The highest BCUT2D eigenvalue weighted by Gasteiger charge is 2.09. The fourth-order valence-corrected chi connectivity index (χ4v) is 2.49. The molecule has 0 aromatic heterocycles. The molecular weight excluding hydrogens is 366 g/mol. The Balaban J connectivity index is 1.84. The molecule has 0 radical (unpaired) electrons. The maximum atomic E-state index is 12.0. The lowest BCUT2D eigenvalue weighted by molar-refractivity contribution is -0.123. The average molecular weight is 392 g/mol. The first kappa shape index (κ1) is 20.9. The van der Waals surface area contributed by atoms with Crippen LogP contribution in [0, 0.1) is 5.92 Å². The van der Waals surface area contributed by atoms with Gasteiger partial charge in [-0.15, -0.1) is 0 Å². The number of hydrogen-bond acceptors (Lipinski definition) is 4. The van der Waals surface area contributed by atoms with E-state index in [4.69, 9.17) is 25.8 Å².